The van der Waals surface area contributed by atoms with Crippen LogP contribution in [0.5, 0.6) is 0 Å². The van der Waals surface area contributed by atoms with Crippen LogP contribution in [0.2, 0.25) is 0 Å². The summed E-state index contributed by atoms with van der Waals surface area (Å²) in [4.78, 5) is 13.7. The molecular weight excluding hydrogens is 226 g/mol. The van der Waals surface area contributed by atoms with Gasteiger partial charge in [-0.1, -0.05) is 20.8 Å². The Hall–Kier alpha value is -1.36. The molecule has 1 aromatic heterocycles. The molecule has 0 saturated carbocycles. The van der Waals surface area contributed by atoms with Crippen molar-refractivity contribution in [3.8, 4) is 0 Å². The molecule has 0 atom stereocenters. The first kappa shape index (κ1) is 13.1. The summed E-state index contributed by atoms with van der Waals surface area (Å²) >= 11 is 0. The zero-order valence-corrected chi connectivity index (χ0v) is 11.6. The monoisotopic (exact) mass is 249 g/mol. The number of nitrogen functional groups attached to an aromatic ring is 1. The van der Waals surface area contributed by atoms with Crippen LogP contribution in [0.4, 0.5) is 11.6 Å². The summed E-state index contributed by atoms with van der Waals surface area (Å²) in [6.07, 6.45) is 0. The number of hydrogen-bond acceptors (Lipinski definition) is 5. The Kier molecular flexibility index (Phi) is 4.01. The van der Waals surface area contributed by atoms with Crippen molar-refractivity contribution in [1.82, 2.24) is 14.9 Å². The van der Waals surface area contributed by atoms with Crippen molar-refractivity contribution in [2.75, 3.05) is 43.4 Å². The molecule has 1 saturated heterocycles. The molecule has 1 aromatic rings. The Labute approximate surface area is 109 Å². The van der Waals surface area contributed by atoms with Crippen molar-refractivity contribution in [3.63, 3.8) is 0 Å². The second-order valence-electron chi connectivity index (χ2n) is 5.09. The van der Waals surface area contributed by atoms with Crippen molar-refractivity contribution >= 4 is 11.6 Å². The molecule has 0 aromatic carbocycles. The fraction of sp³-hybridized carbons (Fsp3) is 0.692. The number of anilines is 2. The van der Waals surface area contributed by atoms with Gasteiger partial charge in [0, 0.05) is 38.2 Å². The average Bonchev–Trinajstić information content (AvgIpc) is 2.38. The van der Waals surface area contributed by atoms with E-state index in [9.17, 15) is 0 Å². The van der Waals surface area contributed by atoms with Crippen molar-refractivity contribution in [2.45, 2.75) is 26.7 Å². The molecule has 100 valence electrons. The van der Waals surface area contributed by atoms with Crippen molar-refractivity contribution < 1.29 is 0 Å². The lowest BCUT2D eigenvalue weighted by atomic mass is 10.2. The lowest BCUT2D eigenvalue weighted by Crippen LogP contribution is -2.46. The van der Waals surface area contributed by atoms with Crippen LogP contribution >= 0.6 is 0 Å². The van der Waals surface area contributed by atoms with E-state index in [1.54, 1.807) is 0 Å². The van der Waals surface area contributed by atoms with E-state index in [0.717, 1.165) is 44.4 Å². The molecular formula is C13H23N5. The molecule has 1 aliphatic rings. The van der Waals surface area contributed by atoms with E-state index in [1.165, 1.54) is 0 Å². The Morgan fingerprint density at radius 2 is 1.89 bits per heavy atom. The number of nitrogens with two attached hydrogens (primary N) is 1. The number of likely N-dealkylation sites (N-methyl/N-ethyl adjacent to an activating group) is 1. The van der Waals surface area contributed by atoms with Gasteiger partial charge in [-0.3, -0.25) is 0 Å². The van der Waals surface area contributed by atoms with Gasteiger partial charge in [0.1, 0.15) is 17.5 Å². The van der Waals surface area contributed by atoms with Crippen LogP contribution in [0.25, 0.3) is 0 Å². The second kappa shape index (κ2) is 5.52. The summed E-state index contributed by atoms with van der Waals surface area (Å²) in [5.41, 5.74) is 5.87. The Bertz CT molecular complexity index is 396. The van der Waals surface area contributed by atoms with Crippen LogP contribution in [0, 0.1) is 0 Å². The first-order chi connectivity index (χ1) is 8.60. The molecule has 2 rings (SSSR count). The molecule has 18 heavy (non-hydrogen) atoms. The predicted octanol–water partition coefficient (Wildman–Crippen LogP) is 1.32. The highest BCUT2D eigenvalue weighted by atomic mass is 15.3. The SMILES string of the molecule is CCN1CCN(c2cc(N)nc(C(C)C)n2)CC1. The lowest BCUT2D eigenvalue weighted by Gasteiger charge is -2.35. The Balaban J connectivity index is 2.13. The maximum absolute atomic E-state index is 5.87. The van der Waals surface area contributed by atoms with Crippen molar-refractivity contribution in [1.29, 1.82) is 0 Å². The molecule has 0 amide bonds. The number of hydrogen-bond donors (Lipinski definition) is 1. The minimum atomic E-state index is 0.309. The van der Waals surface area contributed by atoms with Gasteiger partial charge in [-0.15, -0.1) is 0 Å². The lowest BCUT2D eigenvalue weighted by molar-refractivity contribution is 0.270. The van der Waals surface area contributed by atoms with Gasteiger partial charge in [0.25, 0.3) is 0 Å². The van der Waals surface area contributed by atoms with E-state index >= 15 is 0 Å². The standard InChI is InChI=1S/C13H23N5/c1-4-17-5-7-18(8-6-17)12-9-11(14)15-13(16-12)10(2)3/h9-10H,4-8H2,1-3H3,(H2,14,15,16). The number of nitrogens with zero attached hydrogens (tertiary/aromatic N) is 4. The molecule has 1 aliphatic heterocycles. The van der Waals surface area contributed by atoms with Crippen LogP contribution in [0.15, 0.2) is 6.07 Å². The molecule has 0 spiro atoms. The van der Waals surface area contributed by atoms with Gasteiger partial charge in [-0.25, -0.2) is 9.97 Å². The summed E-state index contributed by atoms with van der Waals surface area (Å²) in [7, 11) is 0. The first-order valence-electron chi connectivity index (χ1n) is 6.72. The number of rotatable bonds is 3. The fourth-order valence-electron chi connectivity index (χ4n) is 2.18. The van der Waals surface area contributed by atoms with Crippen LogP contribution in [0.1, 0.15) is 32.5 Å². The molecule has 1 fully saturated rings. The number of piperazine rings is 1. The largest absolute Gasteiger partial charge is 0.384 e. The second-order valence-corrected chi connectivity index (χ2v) is 5.09. The van der Waals surface area contributed by atoms with Crippen LogP contribution in [-0.4, -0.2) is 47.6 Å². The van der Waals surface area contributed by atoms with Crippen LogP contribution in [0.3, 0.4) is 0 Å². The summed E-state index contributed by atoms with van der Waals surface area (Å²) in [6.45, 7) is 11.7. The smallest absolute Gasteiger partial charge is 0.135 e. The zero-order chi connectivity index (χ0) is 13.1. The van der Waals surface area contributed by atoms with Crippen molar-refractivity contribution in [3.05, 3.63) is 11.9 Å². The van der Waals surface area contributed by atoms with Gasteiger partial charge in [-0.2, -0.15) is 0 Å². The van der Waals surface area contributed by atoms with E-state index < -0.39 is 0 Å². The Morgan fingerprint density at radius 3 is 2.44 bits per heavy atom. The van der Waals surface area contributed by atoms with E-state index in [-0.39, 0.29) is 0 Å². The third-order valence-electron chi connectivity index (χ3n) is 3.41. The maximum atomic E-state index is 5.87. The molecule has 0 bridgehead atoms. The third-order valence-corrected chi connectivity index (χ3v) is 3.41. The summed E-state index contributed by atoms with van der Waals surface area (Å²) in [5.74, 6) is 2.69. The van der Waals surface area contributed by atoms with Gasteiger partial charge in [0.15, 0.2) is 0 Å². The highest BCUT2D eigenvalue weighted by Crippen LogP contribution is 2.19. The number of aromatic nitrogens is 2. The molecule has 5 heteroatoms. The van der Waals surface area contributed by atoms with E-state index in [2.05, 4.69) is 40.5 Å². The van der Waals surface area contributed by atoms with E-state index in [1.807, 2.05) is 6.07 Å². The van der Waals surface area contributed by atoms with Crippen molar-refractivity contribution in [2.24, 2.45) is 0 Å². The Morgan fingerprint density at radius 1 is 1.22 bits per heavy atom. The molecule has 0 radical (unpaired) electrons. The summed E-state index contributed by atoms with van der Waals surface area (Å²) in [6, 6.07) is 1.88. The molecule has 2 heterocycles. The maximum Gasteiger partial charge on any atom is 0.135 e. The summed E-state index contributed by atoms with van der Waals surface area (Å²) in [5, 5.41) is 0. The van der Waals surface area contributed by atoms with Gasteiger partial charge in [-0.05, 0) is 6.54 Å². The minimum absolute atomic E-state index is 0.309. The fourth-order valence-corrected chi connectivity index (χ4v) is 2.18. The van der Waals surface area contributed by atoms with Crippen LogP contribution < -0.4 is 10.6 Å². The first-order valence-corrected chi connectivity index (χ1v) is 6.72. The quantitative estimate of drug-likeness (QED) is 0.875. The van der Waals surface area contributed by atoms with Gasteiger partial charge >= 0.3 is 0 Å². The highest BCUT2D eigenvalue weighted by Gasteiger charge is 2.18. The molecule has 5 nitrogen and oxygen atoms in total. The zero-order valence-electron chi connectivity index (χ0n) is 11.6. The van der Waals surface area contributed by atoms with Gasteiger partial charge in [0.2, 0.25) is 0 Å². The third kappa shape index (κ3) is 2.90. The van der Waals surface area contributed by atoms with Gasteiger partial charge in [0.05, 0.1) is 0 Å². The minimum Gasteiger partial charge on any atom is -0.384 e. The average molecular weight is 249 g/mol. The van der Waals surface area contributed by atoms with Crippen LogP contribution in [-0.2, 0) is 0 Å². The predicted molar refractivity (Wildman–Crippen MR) is 74.9 cm³/mol. The van der Waals surface area contributed by atoms with E-state index in [4.69, 9.17) is 5.73 Å². The highest BCUT2D eigenvalue weighted by molar-refractivity contribution is 5.47. The van der Waals surface area contributed by atoms with E-state index in [0.29, 0.717) is 11.7 Å². The normalized spacial score (nSPS) is 17.4. The topological polar surface area (TPSA) is 58.3 Å². The van der Waals surface area contributed by atoms with Gasteiger partial charge < -0.3 is 15.5 Å². The molecule has 0 aliphatic carbocycles. The summed E-state index contributed by atoms with van der Waals surface area (Å²) < 4.78 is 0. The molecule has 2 N–H and O–H groups in total. The molecule has 0 unspecified atom stereocenters.